The van der Waals surface area contributed by atoms with Crippen molar-refractivity contribution in [2.24, 2.45) is 5.73 Å². The minimum Gasteiger partial charge on any atom is -0.354 e. The van der Waals surface area contributed by atoms with Crippen LogP contribution in [0.5, 0.6) is 0 Å². The Morgan fingerprint density at radius 3 is 2.29 bits per heavy atom. The van der Waals surface area contributed by atoms with Gasteiger partial charge in [-0.2, -0.15) is 11.8 Å². The van der Waals surface area contributed by atoms with Gasteiger partial charge < -0.3 is 11.1 Å². The SMILES string of the molecule is CCC(N)(CC)CNC(=O)CSC.Cl. The summed E-state index contributed by atoms with van der Waals surface area (Å²) in [7, 11) is 0. The summed E-state index contributed by atoms with van der Waals surface area (Å²) in [6, 6.07) is 0. The van der Waals surface area contributed by atoms with E-state index < -0.39 is 0 Å². The van der Waals surface area contributed by atoms with Gasteiger partial charge in [-0.25, -0.2) is 0 Å². The predicted octanol–water partition coefficient (Wildman–Crippen LogP) is 1.40. The first kappa shape index (κ1) is 16.5. The minimum atomic E-state index is -0.228. The lowest BCUT2D eigenvalue weighted by atomic mass is 9.94. The van der Waals surface area contributed by atoms with E-state index in [0.29, 0.717) is 12.3 Å². The largest absolute Gasteiger partial charge is 0.354 e. The van der Waals surface area contributed by atoms with Crippen LogP contribution in [0.25, 0.3) is 0 Å². The van der Waals surface area contributed by atoms with Gasteiger partial charge in [-0.05, 0) is 19.1 Å². The summed E-state index contributed by atoms with van der Waals surface area (Å²) in [6.45, 7) is 4.67. The third-order valence-corrected chi connectivity index (χ3v) is 2.87. The predicted molar refractivity (Wildman–Crippen MR) is 66.1 cm³/mol. The summed E-state index contributed by atoms with van der Waals surface area (Å²) in [6.07, 6.45) is 3.70. The maximum absolute atomic E-state index is 11.1. The Kier molecular flexibility index (Phi) is 9.88. The zero-order valence-electron chi connectivity index (χ0n) is 9.13. The molecular weight excluding hydrogens is 220 g/mol. The molecule has 5 heteroatoms. The highest BCUT2D eigenvalue weighted by atomic mass is 35.5. The number of carbonyl (C=O) groups is 1. The van der Waals surface area contributed by atoms with E-state index in [-0.39, 0.29) is 23.9 Å². The van der Waals surface area contributed by atoms with Crippen LogP contribution < -0.4 is 11.1 Å². The van der Waals surface area contributed by atoms with Crippen molar-refractivity contribution in [3.8, 4) is 0 Å². The Bertz CT molecular complexity index is 163. The van der Waals surface area contributed by atoms with Gasteiger partial charge in [-0.1, -0.05) is 13.8 Å². The van der Waals surface area contributed by atoms with Crippen LogP contribution in [0, 0.1) is 0 Å². The van der Waals surface area contributed by atoms with Gasteiger partial charge in [-0.3, -0.25) is 4.79 Å². The number of nitrogens with two attached hydrogens (primary N) is 1. The van der Waals surface area contributed by atoms with E-state index in [1.807, 2.05) is 20.1 Å². The molecule has 0 aromatic rings. The smallest absolute Gasteiger partial charge is 0.230 e. The van der Waals surface area contributed by atoms with Crippen LogP contribution in [0.15, 0.2) is 0 Å². The second-order valence-corrected chi connectivity index (χ2v) is 4.15. The quantitative estimate of drug-likeness (QED) is 0.738. The lowest BCUT2D eigenvalue weighted by molar-refractivity contribution is -0.118. The molecule has 0 atom stereocenters. The molecule has 14 heavy (non-hydrogen) atoms. The zero-order valence-corrected chi connectivity index (χ0v) is 10.8. The molecule has 0 aliphatic rings. The third kappa shape index (κ3) is 6.51. The molecule has 3 N–H and O–H groups in total. The molecule has 0 aliphatic carbocycles. The topological polar surface area (TPSA) is 55.1 Å². The average Bonchev–Trinajstić information content (AvgIpc) is 2.15. The number of amides is 1. The Balaban J connectivity index is 0. The molecular formula is C9H21ClN2OS. The number of rotatable bonds is 6. The summed E-state index contributed by atoms with van der Waals surface area (Å²) < 4.78 is 0. The minimum absolute atomic E-state index is 0. The standard InChI is InChI=1S/C9H20N2OS.ClH/c1-4-9(10,5-2)7-11-8(12)6-13-3;/h4-7,10H2,1-3H3,(H,11,12);1H. The molecule has 0 aromatic heterocycles. The summed E-state index contributed by atoms with van der Waals surface area (Å²) >= 11 is 1.52. The van der Waals surface area contributed by atoms with Crippen molar-refractivity contribution in [2.75, 3.05) is 18.6 Å². The van der Waals surface area contributed by atoms with E-state index >= 15 is 0 Å². The fourth-order valence-corrected chi connectivity index (χ4v) is 1.32. The molecule has 0 saturated carbocycles. The van der Waals surface area contributed by atoms with E-state index in [1.54, 1.807) is 0 Å². The van der Waals surface area contributed by atoms with Crippen molar-refractivity contribution >= 4 is 30.1 Å². The number of nitrogens with one attached hydrogen (secondary N) is 1. The second kappa shape index (κ2) is 8.38. The van der Waals surface area contributed by atoms with Crippen molar-refractivity contribution in [1.82, 2.24) is 5.32 Å². The fraction of sp³-hybridized carbons (Fsp3) is 0.889. The molecule has 0 aliphatic heterocycles. The molecule has 0 saturated heterocycles. The van der Waals surface area contributed by atoms with Crippen LogP contribution in [0.1, 0.15) is 26.7 Å². The van der Waals surface area contributed by atoms with Gasteiger partial charge in [0.2, 0.25) is 5.91 Å². The Morgan fingerprint density at radius 2 is 1.93 bits per heavy atom. The first-order chi connectivity index (χ1) is 6.08. The number of thioether (sulfide) groups is 1. The molecule has 0 radical (unpaired) electrons. The normalized spacial score (nSPS) is 10.6. The highest BCUT2D eigenvalue weighted by Crippen LogP contribution is 2.09. The van der Waals surface area contributed by atoms with Crippen molar-refractivity contribution < 1.29 is 4.79 Å². The zero-order chi connectivity index (χ0) is 10.3. The second-order valence-electron chi connectivity index (χ2n) is 3.28. The molecule has 0 fully saturated rings. The summed E-state index contributed by atoms with van der Waals surface area (Å²) in [5.41, 5.74) is 5.79. The van der Waals surface area contributed by atoms with Crippen LogP contribution in [-0.2, 0) is 4.79 Å². The van der Waals surface area contributed by atoms with Crippen LogP contribution in [0.3, 0.4) is 0 Å². The van der Waals surface area contributed by atoms with Crippen molar-refractivity contribution in [3.63, 3.8) is 0 Å². The van der Waals surface area contributed by atoms with Crippen LogP contribution in [0.4, 0.5) is 0 Å². The van der Waals surface area contributed by atoms with E-state index in [2.05, 4.69) is 5.32 Å². The lowest BCUT2D eigenvalue weighted by Crippen LogP contribution is -2.49. The van der Waals surface area contributed by atoms with Crippen molar-refractivity contribution in [2.45, 2.75) is 32.2 Å². The van der Waals surface area contributed by atoms with E-state index in [1.165, 1.54) is 11.8 Å². The molecule has 0 bridgehead atoms. The molecule has 0 aromatic carbocycles. The van der Waals surface area contributed by atoms with Gasteiger partial charge in [0.1, 0.15) is 0 Å². The number of halogens is 1. The third-order valence-electron chi connectivity index (χ3n) is 2.32. The summed E-state index contributed by atoms with van der Waals surface area (Å²) in [5, 5.41) is 2.84. The van der Waals surface area contributed by atoms with E-state index in [0.717, 1.165) is 12.8 Å². The number of carbonyl (C=O) groups excluding carboxylic acids is 1. The first-order valence-electron chi connectivity index (χ1n) is 4.62. The average molecular weight is 241 g/mol. The molecule has 0 spiro atoms. The number of hydrogen-bond donors (Lipinski definition) is 2. The molecule has 3 nitrogen and oxygen atoms in total. The molecule has 0 unspecified atom stereocenters. The van der Waals surface area contributed by atoms with Gasteiger partial charge in [0.25, 0.3) is 0 Å². The lowest BCUT2D eigenvalue weighted by Gasteiger charge is -2.26. The first-order valence-corrected chi connectivity index (χ1v) is 6.02. The van der Waals surface area contributed by atoms with Crippen LogP contribution >= 0.6 is 24.2 Å². The van der Waals surface area contributed by atoms with Gasteiger partial charge in [-0.15, -0.1) is 12.4 Å². The van der Waals surface area contributed by atoms with Crippen LogP contribution in [0.2, 0.25) is 0 Å². The maximum atomic E-state index is 11.1. The fourth-order valence-electron chi connectivity index (χ4n) is 0.957. The monoisotopic (exact) mass is 240 g/mol. The van der Waals surface area contributed by atoms with Gasteiger partial charge in [0, 0.05) is 12.1 Å². The highest BCUT2D eigenvalue weighted by Gasteiger charge is 2.20. The molecule has 86 valence electrons. The van der Waals surface area contributed by atoms with Crippen molar-refractivity contribution in [3.05, 3.63) is 0 Å². The van der Waals surface area contributed by atoms with Gasteiger partial charge in [0.15, 0.2) is 0 Å². The Morgan fingerprint density at radius 1 is 1.43 bits per heavy atom. The number of hydrogen-bond acceptors (Lipinski definition) is 3. The maximum Gasteiger partial charge on any atom is 0.230 e. The molecule has 0 heterocycles. The van der Waals surface area contributed by atoms with Gasteiger partial charge in [0.05, 0.1) is 5.75 Å². The summed E-state index contributed by atoms with van der Waals surface area (Å²) in [4.78, 5) is 11.1. The van der Waals surface area contributed by atoms with E-state index in [4.69, 9.17) is 5.73 Å². The Labute approximate surface area is 97.0 Å². The molecule has 1 amide bonds. The highest BCUT2D eigenvalue weighted by molar-refractivity contribution is 7.99. The van der Waals surface area contributed by atoms with Crippen LogP contribution in [-0.4, -0.2) is 30.0 Å². The molecule has 0 rings (SSSR count). The summed E-state index contributed by atoms with van der Waals surface area (Å²) in [5.74, 6) is 0.591. The Hall–Kier alpha value is 0.0700. The van der Waals surface area contributed by atoms with Crippen molar-refractivity contribution in [1.29, 1.82) is 0 Å². The van der Waals surface area contributed by atoms with Gasteiger partial charge >= 0.3 is 0 Å². The van der Waals surface area contributed by atoms with E-state index in [9.17, 15) is 4.79 Å².